The monoisotopic (exact) mass is 545 g/mol. The minimum Gasteiger partial charge on any atom is -0.377 e. The molecule has 0 saturated carbocycles. The lowest BCUT2D eigenvalue weighted by Crippen LogP contribution is -2.51. The van der Waals surface area contributed by atoms with Gasteiger partial charge >= 0.3 is 0 Å². The third-order valence-electron chi connectivity index (χ3n) is 8.93. The topological polar surface area (TPSA) is 56.3 Å². The zero-order valence-electron chi connectivity index (χ0n) is 25.9. The Balaban J connectivity index is 1.48. The standard InChI is InChI=1S/C34H51N5O/c1-9-33(27-13-16-31(23(3)4)36-19-27)38(8)29-14-12-26(7)39(21-29)20-28-17-32(37-25(6)18-35-10-2)30(34-22-40-34)15-11-24(28)5/h11,13,16,18-19,23,26,29,32-34,37H,6,9-10,12,14,17,20-22H2,1-5,7-8H3/t26-,29+,32?,33?,34?/m0/s1. The molecule has 3 heterocycles. The number of nitrogens with one attached hydrogen (secondary N) is 1. The molecular formula is C34H51N5O. The van der Waals surface area contributed by atoms with E-state index in [1.807, 2.05) is 13.1 Å². The molecule has 2 saturated heterocycles. The molecule has 6 nitrogen and oxygen atoms in total. The van der Waals surface area contributed by atoms with Gasteiger partial charge in [-0.1, -0.05) is 39.0 Å². The van der Waals surface area contributed by atoms with Gasteiger partial charge < -0.3 is 10.1 Å². The van der Waals surface area contributed by atoms with Gasteiger partial charge in [0.15, 0.2) is 0 Å². The molecule has 1 N–H and O–H groups in total. The van der Waals surface area contributed by atoms with Gasteiger partial charge in [0, 0.05) is 67.1 Å². The number of aliphatic imine (C=N–C) groups is 1. The molecule has 3 unspecified atom stereocenters. The molecule has 0 spiro atoms. The molecule has 3 aliphatic rings. The lowest BCUT2D eigenvalue weighted by Gasteiger charge is -2.44. The van der Waals surface area contributed by atoms with Crippen molar-refractivity contribution >= 4 is 6.21 Å². The van der Waals surface area contributed by atoms with Crippen LogP contribution in [0.1, 0.15) is 90.4 Å². The first-order chi connectivity index (χ1) is 19.2. The van der Waals surface area contributed by atoms with Crippen molar-refractivity contribution in [1.82, 2.24) is 20.1 Å². The maximum Gasteiger partial charge on any atom is 0.111 e. The maximum atomic E-state index is 5.70. The van der Waals surface area contributed by atoms with Crippen LogP contribution in [0.4, 0.5) is 0 Å². The second kappa shape index (κ2) is 13.9. The molecule has 0 aromatic carbocycles. The molecule has 4 rings (SSSR count). The first kappa shape index (κ1) is 30.5. The molecule has 0 amide bonds. The van der Waals surface area contributed by atoms with Crippen molar-refractivity contribution in [3.05, 3.63) is 70.4 Å². The number of allylic oxidation sites excluding steroid dienone is 2. The molecule has 5 atom stereocenters. The Hall–Kier alpha value is -2.50. The Kier molecular flexibility index (Phi) is 10.6. The van der Waals surface area contributed by atoms with E-state index in [2.05, 4.69) is 98.5 Å². The summed E-state index contributed by atoms with van der Waals surface area (Å²) in [5.74, 6) is 0.456. The fourth-order valence-electron chi connectivity index (χ4n) is 6.16. The summed E-state index contributed by atoms with van der Waals surface area (Å²) >= 11 is 0. The summed E-state index contributed by atoms with van der Waals surface area (Å²) in [7, 11) is 2.32. The summed E-state index contributed by atoms with van der Waals surface area (Å²) in [5, 5.41) is 3.63. The largest absolute Gasteiger partial charge is 0.377 e. The zero-order valence-corrected chi connectivity index (χ0v) is 25.9. The first-order valence-corrected chi connectivity index (χ1v) is 15.4. The summed E-state index contributed by atoms with van der Waals surface area (Å²) < 4.78 is 5.70. The molecule has 0 radical (unpaired) electrons. The number of epoxide rings is 1. The van der Waals surface area contributed by atoms with E-state index < -0.39 is 0 Å². The van der Waals surface area contributed by atoms with Gasteiger partial charge in [-0.15, -0.1) is 5.73 Å². The highest BCUT2D eigenvalue weighted by Gasteiger charge is 2.36. The number of likely N-dealkylation sites (N-methyl/N-ethyl adjacent to an activating group) is 1. The minimum atomic E-state index is 0.122. The predicted molar refractivity (Wildman–Crippen MR) is 167 cm³/mol. The molecule has 2 fully saturated rings. The van der Waals surface area contributed by atoms with Crippen LogP contribution in [-0.4, -0.2) is 78.5 Å². The summed E-state index contributed by atoms with van der Waals surface area (Å²) in [6.07, 6.45) is 10.7. The number of aromatic nitrogens is 1. The van der Waals surface area contributed by atoms with E-state index in [9.17, 15) is 0 Å². The molecule has 218 valence electrons. The second-order valence-corrected chi connectivity index (χ2v) is 12.2. The number of pyridine rings is 1. The lowest BCUT2D eigenvalue weighted by atomic mass is 9.92. The number of hydrogen-bond donors (Lipinski definition) is 1. The number of piperidine rings is 1. The van der Waals surface area contributed by atoms with Crippen molar-refractivity contribution in [2.75, 3.05) is 33.3 Å². The van der Waals surface area contributed by atoms with E-state index in [1.165, 1.54) is 40.8 Å². The van der Waals surface area contributed by atoms with Crippen LogP contribution >= 0.6 is 0 Å². The highest BCUT2D eigenvalue weighted by atomic mass is 16.6. The van der Waals surface area contributed by atoms with Crippen LogP contribution in [0.2, 0.25) is 0 Å². The van der Waals surface area contributed by atoms with Gasteiger partial charge in [0.2, 0.25) is 0 Å². The first-order valence-electron chi connectivity index (χ1n) is 15.4. The molecular weight excluding hydrogens is 494 g/mol. The molecule has 0 bridgehead atoms. The van der Waals surface area contributed by atoms with Crippen LogP contribution in [0.5, 0.6) is 0 Å². The van der Waals surface area contributed by atoms with Crippen molar-refractivity contribution < 1.29 is 4.74 Å². The van der Waals surface area contributed by atoms with Crippen molar-refractivity contribution in [3.63, 3.8) is 0 Å². The smallest absolute Gasteiger partial charge is 0.111 e. The third kappa shape index (κ3) is 7.61. The number of hydrogen-bond acceptors (Lipinski definition) is 6. The van der Waals surface area contributed by atoms with Gasteiger partial charge in [-0.2, -0.15) is 0 Å². The molecule has 1 aromatic rings. The van der Waals surface area contributed by atoms with Gasteiger partial charge in [-0.25, -0.2) is 0 Å². The summed E-state index contributed by atoms with van der Waals surface area (Å²) in [6.45, 7) is 21.2. The van der Waals surface area contributed by atoms with Crippen LogP contribution in [0.15, 0.2) is 64.1 Å². The fourth-order valence-corrected chi connectivity index (χ4v) is 6.16. The molecule has 6 heteroatoms. The van der Waals surface area contributed by atoms with Crippen LogP contribution in [-0.2, 0) is 4.74 Å². The van der Waals surface area contributed by atoms with Crippen LogP contribution in [0.3, 0.4) is 0 Å². The van der Waals surface area contributed by atoms with Crippen LogP contribution in [0.25, 0.3) is 0 Å². The van der Waals surface area contributed by atoms with Crippen molar-refractivity contribution in [2.45, 2.75) is 103 Å². The summed E-state index contributed by atoms with van der Waals surface area (Å²) in [4.78, 5) is 14.5. The Morgan fingerprint density at radius 1 is 1.32 bits per heavy atom. The lowest BCUT2D eigenvalue weighted by molar-refractivity contribution is 0.0604. The fraction of sp³-hybridized carbons (Fsp3) is 0.618. The zero-order chi connectivity index (χ0) is 28.8. The van der Waals surface area contributed by atoms with Crippen molar-refractivity contribution in [2.24, 2.45) is 4.99 Å². The minimum absolute atomic E-state index is 0.122. The van der Waals surface area contributed by atoms with E-state index >= 15 is 0 Å². The molecule has 1 aliphatic carbocycles. The Morgan fingerprint density at radius 3 is 2.73 bits per heavy atom. The maximum absolute atomic E-state index is 5.70. The second-order valence-electron chi connectivity index (χ2n) is 12.2. The van der Waals surface area contributed by atoms with Crippen LogP contribution in [0, 0.1) is 0 Å². The Labute approximate surface area is 243 Å². The van der Waals surface area contributed by atoms with Gasteiger partial charge in [0.1, 0.15) is 6.10 Å². The van der Waals surface area contributed by atoms with E-state index in [-0.39, 0.29) is 12.1 Å². The number of likely N-dealkylation sites (tertiary alicyclic amines) is 1. The van der Waals surface area contributed by atoms with Crippen LogP contribution < -0.4 is 5.32 Å². The van der Waals surface area contributed by atoms with Gasteiger partial charge in [0.05, 0.1) is 12.6 Å². The van der Waals surface area contributed by atoms with E-state index in [0.29, 0.717) is 24.0 Å². The number of rotatable bonds is 12. The normalized spacial score (nSPS) is 26.4. The van der Waals surface area contributed by atoms with Crippen molar-refractivity contribution in [1.29, 1.82) is 0 Å². The number of nitrogens with zero attached hydrogens (tertiary/aromatic N) is 4. The SMILES string of the molecule is C=C(C=NCC)NC1CC(CN2C[C@H](N(C)C(CC)c3ccc(C(C)C)nc3)CC[C@@H]2C)=C(C)C=C=C1C1CO1. The molecule has 1 aromatic heterocycles. The molecule has 2 aliphatic heterocycles. The van der Waals surface area contributed by atoms with Gasteiger partial charge in [-0.3, -0.25) is 19.8 Å². The van der Waals surface area contributed by atoms with Crippen molar-refractivity contribution in [3.8, 4) is 0 Å². The Morgan fingerprint density at radius 2 is 2.10 bits per heavy atom. The van der Waals surface area contributed by atoms with E-state index in [4.69, 9.17) is 9.72 Å². The van der Waals surface area contributed by atoms with Gasteiger partial charge in [0.25, 0.3) is 0 Å². The summed E-state index contributed by atoms with van der Waals surface area (Å²) in [5.41, 5.74) is 10.9. The number of ether oxygens (including phenoxy) is 1. The van der Waals surface area contributed by atoms with Gasteiger partial charge in [-0.05, 0) is 82.7 Å². The van der Waals surface area contributed by atoms with E-state index in [0.717, 1.165) is 44.8 Å². The van der Waals surface area contributed by atoms with E-state index in [1.54, 1.807) is 0 Å². The average Bonchev–Trinajstić information content (AvgIpc) is 3.79. The quantitative estimate of drug-likeness (QED) is 0.192. The highest BCUT2D eigenvalue weighted by Crippen LogP contribution is 2.33. The molecule has 40 heavy (non-hydrogen) atoms. The third-order valence-corrected chi connectivity index (χ3v) is 8.93. The predicted octanol–water partition coefficient (Wildman–Crippen LogP) is 6.20. The Bertz CT molecular complexity index is 1140. The average molecular weight is 546 g/mol. The highest BCUT2D eigenvalue weighted by molar-refractivity contribution is 5.77. The summed E-state index contributed by atoms with van der Waals surface area (Å²) in [6, 6.07) is 6.08.